The molecule has 6 heteroatoms. The minimum atomic E-state index is -0.403. The summed E-state index contributed by atoms with van der Waals surface area (Å²) in [5.41, 5.74) is 0.427. The number of aromatic hydroxyl groups is 1. The molecule has 0 atom stereocenters. The molecule has 0 saturated carbocycles. The lowest BCUT2D eigenvalue weighted by atomic mass is 10.2. The van der Waals surface area contributed by atoms with Gasteiger partial charge in [0.15, 0.2) is 16.8 Å². The second-order valence-electron chi connectivity index (χ2n) is 4.56. The zero-order valence-corrected chi connectivity index (χ0v) is 12.7. The van der Waals surface area contributed by atoms with E-state index in [9.17, 15) is 5.11 Å². The Bertz CT molecular complexity index is 572. The van der Waals surface area contributed by atoms with Gasteiger partial charge in [0.25, 0.3) is 0 Å². The maximum atomic E-state index is 9.85. The molecular weight excluding hydrogens is 354 g/mol. The van der Waals surface area contributed by atoms with E-state index in [1.54, 1.807) is 6.07 Å². The molecule has 0 aliphatic carbocycles. The first-order valence-corrected chi connectivity index (χ1v) is 6.53. The summed E-state index contributed by atoms with van der Waals surface area (Å²) in [5, 5.41) is 9.85. The first-order valence-electron chi connectivity index (χ1n) is 4.94. The van der Waals surface area contributed by atoms with Crippen molar-refractivity contribution in [1.29, 1.82) is 0 Å². The Morgan fingerprint density at radius 3 is 2.53 bits per heavy atom. The van der Waals surface area contributed by atoms with E-state index in [-0.39, 0.29) is 11.8 Å². The van der Waals surface area contributed by atoms with E-state index in [1.165, 1.54) is 0 Å². The summed E-state index contributed by atoms with van der Waals surface area (Å²) in [5.74, 6) is 0.0377. The largest absolute Gasteiger partial charge is 0.504 e. The topological polar surface area (TPSA) is 55.5 Å². The number of aromatic nitrogens is 1. The molecule has 0 fully saturated rings. The van der Waals surface area contributed by atoms with Gasteiger partial charge in [-0.3, -0.25) is 0 Å². The fourth-order valence-electron chi connectivity index (χ4n) is 1.29. The Morgan fingerprint density at radius 2 is 1.94 bits per heavy atom. The van der Waals surface area contributed by atoms with Gasteiger partial charge in [0.05, 0.1) is 8.95 Å². The van der Waals surface area contributed by atoms with E-state index in [0.29, 0.717) is 20.0 Å². The van der Waals surface area contributed by atoms with Crippen LogP contribution in [0.5, 0.6) is 11.8 Å². The fourth-order valence-corrected chi connectivity index (χ4v) is 2.51. The zero-order chi connectivity index (χ0) is 12.8. The van der Waals surface area contributed by atoms with Crippen molar-refractivity contribution in [2.45, 2.75) is 26.4 Å². The number of hydrogen-bond acceptors (Lipinski definition) is 4. The summed E-state index contributed by atoms with van der Waals surface area (Å²) in [6.07, 6.45) is 0.140. The summed E-state index contributed by atoms with van der Waals surface area (Å²) >= 11 is 6.58. The Balaban J connectivity index is 2.58. The minimum absolute atomic E-state index is 0.0377. The lowest BCUT2D eigenvalue weighted by Crippen LogP contribution is -2.23. The second-order valence-corrected chi connectivity index (χ2v) is 6.27. The molecule has 1 N–H and O–H groups in total. The van der Waals surface area contributed by atoms with Gasteiger partial charge < -0.3 is 14.3 Å². The van der Waals surface area contributed by atoms with Crippen molar-refractivity contribution in [2.24, 2.45) is 0 Å². The van der Waals surface area contributed by atoms with Gasteiger partial charge in [-0.15, -0.1) is 0 Å². The summed E-state index contributed by atoms with van der Waals surface area (Å²) < 4.78 is 12.2. The average Bonchev–Trinajstić information content (AvgIpc) is 2.56. The Kier molecular flexibility index (Phi) is 3.12. The molecule has 0 aliphatic rings. The van der Waals surface area contributed by atoms with E-state index in [2.05, 4.69) is 36.8 Å². The van der Waals surface area contributed by atoms with Gasteiger partial charge in [0.1, 0.15) is 5.60 Å². The lowest BCUT2D eigenvalue weighted by Gasteiger charge is -2.17. The van der Waals surface area contributed by atoms with Crippen LogP contribution in [0.2, 0.25) is 0 Å². The van der Waals surface area contributed by atoms with Crippen molar-refractivity contribution in [2.75, 3.05) is 0 Å². The van der Waals surface area contributed by atoms with Crippen molar-refractivity contribution in [3.8, 4) is 11.8 Å². The lowest BCUT2D eigenvalue weighted by molar-refractivity contribution is 0.0900. The van der Waals surface area contributed by atoms with E-state index in [0.717, 1.165) is 0 Å². The molecule has 0 amide bonds. The van der Waals surface area contributed by atoms with Gasteiger partial charge in [-0.25, -0.2) is 0 Å². The fraction of sp³-hybridized carbons (Fsp3) is 0.364. The highest BCUT2D eigenvalue weighted by molar-refractivity contribution is 9.11. The molecular formula is C11H11Br2NO3. The molecule has 0 aliphatic heterocycles. The van der Waals surface area contributed by atoms with Crippen LogP contribution in [0.4, 0.5) is 0 Å². The average molecular weight is 365 g/mol. The number of oxazole rings is 1. The maximum Gasteiger partial charge on any atom is 0.395 e. The van der Waals surface area contributed by atoms with Crippen molar-refractivity contribution >= 4 is 43.0 Å². The SMILES string of the molecule is CC(C)(C)Oc1nc2c(O)c(Br)cc(Br)c2o1. The monoisotopic (exact) mass is 363 g/mol. The quantitative estimate of drug-likeness (QED) is 0.822. The molecule has 92 valence electrons. The van der Waals surface area contributed by atoms with Gasteiger partial charge in [-0.05, 0) is 58.7 Å². The zero-order valence-electron chi connectivity index (χ0n) is 9.54. The van der Waals surface area contributed by atoms with Crippen LogP contribution < -0.4 is 4.74 Å². The molecule has 0 saturated heterocycles. The summed E-state index contributed by atoms with van der Waals surface area (Å²) in [7, 11) is 0. The smallest absolute Gasteiger partial charge is 0.395 e. The third-order valence-corrected chi connectivity index (χ3v) is 3.12. The molecule has 1 aromatic carbocycles. The third kappa shape index (κ3) is 2.57. The van der Waals surface area contributed by atoms with Gasteiger partial charge >= 0.3 is 6.08 Å². The number of fused-ring (bicyclic) bond motifs is 1. The summed E-state index contributed by atoms with van der Waals surface area (Å²) in [6, 6.07) is 1.70. The van der Waals surface area contributed by atoms with Crippen LogP contribution >= 0.6 is 31.9 Å². The Hall–Kier alpha value is -0.750. The first-order chi connectivity index (χ1) is 7.78. The Morgan fingerprint density at radius 1 is 1.29 bits per heavy atom. The highest BCUT2D eigenvalue weighted by atomic mass is 79.9. The van der Waals surface area contributed by atoms with E-state index >= 15 is 0 Å². The molecule has 4 nitrogen and oxygen atoms in total. The van der Waals surface area contributed by atoms with Crippen molar-refractivity contribution in [3.05, 3.63) is 15.0 Å². The molecule has 1 aromatic heterocycles. The number of nitrogens with zero attached hydrogens (tertiary/aromatic N) is 1. The van der Waals surface area contributed by atoms with E-state index in [4.69, 9.17) is 9.15 Å². The predicted octanol–water partition coefficient (Wildman–Crippen LogP) is 4.24. The predicted molar refractivity (Wildman–Crippen MR) is 71.5 cm³/mol. The molecule has 0 unspecified atom stereocenters. The van der Waals surface area contributed by atoms with Gasteiger partial charge in [0, 0.05) is 0 Å². The number of ether oxygens (including phenoxy) is 1. The number of halogens is 2. The number of phenolic OH excluding ortho intramolecular Hbond substituents is 1. The molecule has 0 radical (unpaired) electrons. The van der Waals surface area contributed by atoms with Crippen LogP contribution in [0.1, 0.15) is 20.8 Å². The third-order valence-electron chi connectivity index (χ3n) is 1.92. The summed E-state index contributed by atoms with van der Waals surface area (Å²) in [4.78, 5) is 4.12. The van der Waals surface area contributed by atoms with Crippen molar-refractivity contribution in [1.82, 2.24) is 4.98 Å². The van der Waals surface area contributed by atoms with E-state index in [1.807, 2.05) is 20.8 Å². The van der Waals surface area contributed by atoms with Gasteiger partial charge in [0.2, 0.25) is 0 Å². The van der Waals surface area contributed by atoms with Crippen LogP contribution in [0.25, 0.3) is 11.1 Å². The van der Waals surface area contributed by atoms with Crippen molar-refractivity contribution in [3.63, 3.8) is 0 Å². The van der Waals surface area contributed by atoms with Crippen LogP contribution in [-0.4, -0.2) is 15.7 Å². The van der Waals surface area contributed by atoms with Crippen LogP contribution in [0.3, 0.4) is 0 Å². The number of phenols is 1. The minimum Gasteiger partial charge on any atom is -0.504 e. The van der Waals surface area contributed by atoms with Crippen LogP contribution in [0, 0.1) is 0 Å². The second kappa shape index (κ2) is 4.17. The van der Waals surface area contributed by atoms with E-state index < -0.39 is 5.60 Å². The number of hydrogen-bond donors (Lipinski definition) is 1. The number of rotatable bonds is 1. The first kappa shape index (κ1) is 12.7. The molecule has 2 aromatic rings. The number of benzene rings is 1. The normalized spacial score (nSPS) is 12.1. The summed E-state index contributed by atoms with van der Waals surface area (Å²) in [6.45, 7) is 5.69. The Labute approximate surface area is 115 Å². The molecule has 0 spiro atoms. The van der Waals surface area contributed by atoms with Crippen LogP contribution in [0.15, 0.2) is 19.4 Å². The van der Waals surface area contributed by atoms with Crippen LogP contribution in [-0.2, 0) is 0 Å². The van der Waals surface area contributed by atoms with Crippen molar-refractivity contribution < 1.29 is 14.3 Å². The molecule has 2 rings (SSSR count). The highest BCUT2D eigenvalue weighted by Crippen LogP contribution is 2.39. The highest BCUT2D eigenvalue weighted by Gasteiger charge is 2.20. The van der Waals surface area contributed by atoms with Gasteiger partial charge in [-0.1, -0.05) is 0 Å². The molecule has 1 heterocycles. The molecule has 17 heavy (non-hydrogen) atoms. The molecule has 0 bridgehead atoms. The van der Waals surface area contributed by atoms with Gasteiger partial charge in [-0.2, -0.15) is 4.98 Å². The standard InChI is InChI=1S/C11H11Br2NO3/c1-11(2,3)17-10-14-7-8(15)5(12)4-6(13)9(7)16-10/h4,15H,1-3H3. The maximum absolute atomic E-state index is 9.85.